The molecule has 0 aliphatic heterocycles. The lowest BCUT2D eigenvalue weighted by Crippen LogP contribution is -2.27. The minimum Gasteiger partial charge on any atom is -0.457 e. The van der Waals surface area contributed by atoms with E-state index in [1.54, 1.807) is 12.1 Å². The van der Waals surface area contributed by atoms with Crippen LogP contribution in [0.25, 0.3) is 11.0 Å². The molecule has 4 aromatic rings. The Bertz CT molecular complexity index is 1460. The molecule has 0 saturated heterocycles. The van der Waals surface area contributed by atoms with Crippen molar-refractivity contribution in [2.45, 2.75) is 17.2 Å². The third-order valence-corrected chi connectivity index (χ3v) is 6.80. The number of rotatable bonds is 6. The van der Waals surface area contributed by atoms with E-state index in [-0.39, 0.29) is 26.6 Å². The fraction of sp³-hybridized carbons (Fsp3) is 0.0952. The molecule has 2 aromatic heterocycles. The molecule has 176 valence electrons. The number of pyridine rings is 1. The molecule has 0 saturated carbocycles. The molecule has 2 heterocycles. The topological polar surface area (TPSA) is 94.1 Å². The van der Waals surface area contributed by atoms with Crippen molar-refractivity contribution in [2.24, 2.45) is 0 Å². The number of hydrogen-bond donors (Lipinski definition) is 1. The van der Waals surface area contributed by atoms with Gasteiger partial charge in [-0.2, -0.15) is 13.2 Å². The van der Waals surface area contributed by atoms with Crippen molar-refractivity contribution >= 4 is 50.1 Å². The van der Waals surface area contributed by atoms with Gasteiger partial charge in [0.1, 0.15) is 4.90 Å². The number of hydrogen-bond acceptors (Lipinski definition) is 6. The molecule has 7 nitrogen and oxygen atoms in total. The van der Waals surface area contributed by atoms with Crippen molar-refractivity contribution in [1.82, 2.24) is 15.0 Å². The second-order valence-electron chi connectivity index (χ2n) is 6.85. The Labute approximate surface area is 201 Å². The highest BCUT2D eigenvalue weighted by Crippen LogP contribution is 2.39. The summed E-state index contributed by atoms with van der Waals surface area (Å²) >= 11 is 11.9. The van der Waals surface area contributed by atoms with E-state index in [1.807, 2.05) is 0 Å². The van der Waals surface area contributed by atoms with Crippen molar-refractivity contribution < 1.29 is 26.3 Å². The number of fused-ring (bicyclic) bond motifs is 1. The van der Waals surface area contributed by atoms with Crippen LogP contribution in [0.2, 0.25) is 10.0 Å². The van der Waals surface area contributed by atoms with Crippen LogP contribution in [0, 0.1) is 0 Å². The van der Waals surface area contributed by atoms with E-state index in [4.69, 9.17) is 27.9 Å². The second-order valence-corrected chi connectivity index (χ2v) is 9.29. The predicted octanol–water partition coefficient (Wildman–Crippen LogP) is 5.81. The Morgan fingerprint density at radius 1 is 0.941 bits per heavy atom. The van der Waals surface area contributed by atoms with Crippen LogP contribution in [0.1, 0.15) is 11.7 Å². The van der Waals surface area contributed by atoms with Gasteiger partial charge in [0.25, 0.3) is 15.9 Å². The predicted molar refractivity (Wildman–Crippen MR) is 120 cm³/mol. The van der Waals surface area contributed by atoms with E-state index < -0.39 is 38.9 Å². The van der Waals surface area contributed by atoms with Gasteiger partial charge in [0.15, 0.2) is 0 Å². The molecule has 0 aliphatic carbocycles. The highest BCUT2D eigenvalue weighted by atomic mass is 35.5. The molecule has 0 bridgehead atoms. The fourth-order valence-electron chi connectivity index (χ4n) is 2.97. The molecule has 0 amide bonds. The highest BCUT2D eigenvalue weighted by molar-refractivity contribution is 7.92. The van der Waals surface area contributed by atoms with Crippen LogP contribution in [0.3, 0.4) is 0 Å². The van der Waals surface area contributed by atoms with Crippen molar-refractivity contribution in [2.75, 3.05) is 4.72 Å². The molecule has 13 heteroatoms. The van der Waals surface area contributed by atoms with Gasteiger partial charge in [0, 0.05) is 18.0 Å². The van der Waals surface area contributed by atoms with Gasteiger partial charge < -0.3 is 4.74 Å². The molecule has 4 rings (SSSR count). The molecule has 1 unspecified atom stereocenters. The third kappa shape index (κ3) is 5.01. The average molecular weight is 529 g/mol. The van der Waals surface area contributed by atoms with E-state index in [1.165, 1.54) is 48.7 Å². The third-order valence-electron chi connectivity index (χ3n) is 4.49. The van der Waals surface area contributed by atoms with Crippen LogP contribution in [0.15, 0.2) is 71.9 Å². The minimum absolute atomic E-state index is 0.0284. The SMILES string of the molecule is O=S(=O)(Nc1nc2ccccc2nc1OC(c1cccnc1)C(F)(F)F)c1cccc(Cl)c1Cl. The summed E-state index contributed by atoms with van der Waals surface area (Å²) in [6.07, 6.45) is -5.07. The van der Waals surface area contributed by atoms with Crippen molar-refractivity contribution in [3.8, 4) is 5.88 Å². The van der Waals surface area contributed by atoms with Crippen molar-refractivity contribution in [3.63, 3.8) is 0 Å². The molecule has 1 atom stereocenters. The van der Waals surface area contributed by atoms with Gasteiger partial charge in [-0.1, -0.05) is 47.5 Å². The average Bonchev–Trinajstić information content (AvgIpc) is 2.78. The van der Waals surface area contributed by atoms with Crippen LogP contribution >= 0.6 is 23.2 Å². The molecule has 0 spiro atoms. The first kappa shape index (κ1) is 24.0. The summed E-state index contributed by atoms with van der Waals surface area (Å²) in [7, 11) is -4.44. The smallest absolute Gasteiger partial charge is 0.429 e. The Hall–Kier alpha value is -3.15. The summed E-state index contributed by atoms with van der Waals surface area (Å²) in [5, 5.41) is -0.296. The standard InChI is InChI=1S/C21H13Cl2F3N4O3S/c22-13-6-3-9-16(17(13)23)34(31,32)30-19-20(29-15-8-2-1-7-14(15)28-19)33-18(21(24,25)26)12-5-4-10-27-11-12/h1-11,18H,(H,28,30). The first-order valence-corrected chi connectivity index (χ1v) is 11.7. The first-order valence-electron chi connectivity index (χ1n) is 9.43. The van der Waals surface area contributed by atoms with E-state index in [9.17, 15) is 21.6 Å². The number of sulfonamides is 1. The molecule has 0 radical (unpaired) electrons. The molecular weight excluding hydrogens is 516 g/mol. The molecule has 34 heavy (non-hydrogen) atoms. The summed E-state index contributed by atoms with van der Waals surface area (Å²) in [5.41, 5.74) is 0.0969. The maximum Gasteiger partial charge on any atom is 0.429 e. The number of anilines is 1. The number of aromatic nitrogens is 3. The maximum absolute atomic E-state index is 13.9. The molecule has 1 N–H and O–H groups in total. The van der Waals surface area contributed by atoms with Crippen molar-refractivity contribution in [1.29, 1.82) is 0 Å². The number of halogens is 5. The van der Waals surface area contributed by atoms with E-state index >= 15 is 0 Å². The van der Waals surface area contributed by atoms with Gasteiger partial charge >= 0.3 is 6.18 Å². The Morgan fingerprint density at radius 2 is 1.65 bits per heavy atom. The normalized spacial score (nSPS) is 13.0. The highest BCUT2D eigenvalue weighted by Gasteiger charge is 2.44. The molecule has 2 aromatic carbocycles. The van der Waals surface area contributed by atoms with Crippen LogP contribution in [0.5, 0.6) is 5.88 Å². The maximum atomic E-state index is 13.9. The largest absolute Gasteiger partial charge is 0.457 e. The van der Waals surface area contributed by atoms with Gasteiger partial charge in [-0.15, -0.1) is 0 Å². The van der Waals surface area contributed by atoms with E-state index in [0.717, 1.165) is 6.20 Å². The van der Waals surface area contributed by atoms with Gasteiger partial charge in [0.2, 0.25) is 11.9 Å². The second kappa shape index (κ2) is 9.24. The number of ether oxygens (including phenoxy) is 1. The fourth-order valence-corrected chi connectivity index (χ4v) is 4.74. The summed E-state index contributed by atoms with van der Waals surface area (Å²) < 4.78 is 74.9. The number of nitrogens with one attached hydrogen (secondary N) is 1. The zero-order valence-corrected chi connectivity index (χ0v) is 19.1. The van der Waals surface area contributed by atoms with Crippen LogP contribution < -0.4 is 9.46 Å². The number of alkyl halides is 3. The van der Waals surface area contributed by atoms with E-state index in [2.05, 4.69) is 19.7 Å². The van der Waals surface area contributed by atoms with Crippen LogP contribution in [0.4, 0.5) is 19.0 Å². The Morgan fingerprint density at radius 3 is 2.29 bits per heavy atom. The van der Waals surface area contributed by atoms with Crippen LogP contribution in [-0.4, -0.2) is 29.5 Å². The lowest BCUT2D eigenvalue weighted by molar-refractivity contribution is -0.198. The Kier molecular flexibility index (Phi) is 6.52. The Balaban J connectivity index is 1.83. The summed E-state index contributed by atoms with van der Waals surface area (Å²) in [5.74, 6) is -1.25. The van der Waals surface area contributed by atoms with Crippen molar-refractivity contribution in [3.05, 3.63) is 82.6 Å². The van der Waals surface area contributed by atoms with Gasteiger partial charge in [-0.3, -0.25) is 9.71 Å². The molecular formula is C21H13Cl2F3N4O3S. The lowest BCUT2D eigenvalue weighted by atomic mass is 10.1. The lowest BCUT2D eigenvalue weighted by Gasteiger charge is -2.22. The number of benzene rings is 2. The van der Waals surface area contributed by atoms with Gasteiger partial charge in [-0.25, -0.2) is 18.4 Å². The summed E-state index contributed by atoms with van der Waals surface area (Å²) in [6.45, 7) is 0. The number of para-hydroxylation sites is 2. The van der Waals surface area contributed by atoms with Gasteiger partial charge in [0.05, 0.1) is 21.1 Å². The van der Waals surface area contributed by atoms with E-state index in [0.29, 0.717) is 0 Å². The minimum atomic E-state index is -4.87. The first-order chi connectivity index (χ1) is 16.1. The molecule has 0 aliphatic rings. The summed E-state index contributed by atoms with van der Waals surface area (Å²) in [4.78, 5) is 11.5. The van der Waals surface area contributed by atoms with Gasteiger partial charge in [-0.05, 0) is 30.3 Å². The quantitative estimate of drug-likeness (QED) is 0.339. The summed E-state index contributed by atoms with van der Waals surface area (Å²) in [6, 6.07) is 12.6. The monoisotopic (exact) mass is 528 g/mol. The van der Waals surface area contributed by atoms with Crippen LogP contribution in [-0.2, 0) is 10.0 Å². The zero-order chi connectivity index (χ0) is 24.5. The zero-order valence-electron chi connectivity index (χ0n) is 16.8. The molecule has 0 fully saturated rings. The number of nitrogens with zero attached hydrogens (tertiary/aromatic N) is 3.